The fourth-order valence-corrected chi connectivity index (χ4v) is 1.89. The molecule has 0 spiro atoms. The summed E-state index contributed by atoms with van der Waals surface area (Å²) < 4.78 is 26.0. The smallest absolute Gasteiger partial charge is 0.130 e. The Morgan fingerprint density at radius 1 is 1.35 bits per heavy atom. The van der Waals surface area contributed by atoms with Crippen molar-refractivity contribution in [2.45, 2.75) is 25.8 Å². The van der Waals surface area contributed by atoms with Gasteiger partial charge in [0.1, 0.15) is 11.6 Å². The van der Waals surface area contributed by atoms with Crippen molar-refractivity contribution in [2.75, 3.05) is 6.54 Å². The number of rotatable bonds is 5. The third-order valence-corrected chi connectivity index (χ3v) is 3.24. The molecule has 0 radical (unpaired) electrons. The van der Waals surface area contributed by atoms with Crippen LogP contribution >= 0.6 is 0 Å². The van der Waals surface area contributed by atoms with Crippen molar-refractivity contribution in [1.82, 2.24) is 5.32 Å². The first-order chi connectivity index (χ1) is 8.15. The van der Waals surface area contributed by atoms with Crippen LogP contribution in [-0.4, -0.2) is 6.54 Å². The van der Waals surface area contributed by atoms with Gasteiger partial charge >= 0.3 is 0 Å². The molecule has 0 aliphatic heterocycles. The van der Waals surface area contributed by atoms with Gasteiger partial charge in [0.2, 0.25) is 0 Å². The first kappa shape index (κ1) is 12.0. The highest BCUT2D eigenvalue weighted by molar-refractivity contribution is 5.18. The number of nitrogens with one attached hydrogen (secondary N) is 1. The standard InChI is InChI=1S/C13H14F2N2/c14-11-2-1-10(12(15)7-11)8-17-9-13(3-4-13)5-6-16/h1-2,7,17H,3-5,8-9H2. The van der Waals surface area contributed by atoms with Gasteiger partial charge in [-0.15, -0.1) is 0 Å². The lowest BCUT2D eigenvalue weighted by atomic mass is 10.0. The van der Waals surface area contributed by atoms with Crippen LogP contribution in [0.5, 0.6) is 0 Å². The van der Waals surface area contributed by atoms with Crippen molar-refractivity contribution in [3.8, 4) is 6.07 Å². The van der Waals surface area contributed by atoms with Crippen LogP contribution in [0.15, 0.2) is 18.2 Å². The van der Waals surface area contributed by atoms with Gasteiger partial charge in [0.25, 0.3) is 0 Å². The highest BCUT2D eigenvalue weighted by atomic mass is 19.1. The SMILES string of the molecule is N#CCC1(CNCc2ccc(F)cc2F)CC1. The van der Waals surface area contributed by atoms with Gasteiger partial charge in [-0.25, -0.2) is 8.78 Å². The van der Waals surface area contributed by atoms with Gasteiger partial charge in [-0.3, -0.25) is 0 Å². The molecule has 0 heterocycles. The molecule has 2 rings (SSSR count). The maximum Gasteiger partial charge on any atom is 0.130 e. The number of hydrogen-bond donors (Lipinski definition) is 1. The number of halogens is 2. The lowest BCUT2D eigenvalue weighted by molar-refractivity contribution is 0.460. The lowest BCUT2D eigenvalue weighted by Crippen LogP contribution is -2.23. The predicted molar refractivity (Wildman–Crippen MR) is 60.0 cm³/mol. The minimum Gasteiger partial charge on any atom is -0.312 e. The summed E-state index contributed by atoms with van der Waals surface area (Å²) in [5.41, 5.74) is 0.560. The zero-order valence-electron chi connectivity index (χ0n) is 9.47. The summed E-state index contributed by atoms with van der Waals surface area (Å²) in [6, 6.07) is 5.76. The molecule has 0 saturated heterocycles. The van der Waals surface area contributed by atoms with Crippen molar-refractivity contribution < 1.29 is 8.78 Å². The molecule has 0 unspecified atom stereocenters. The van der Waals surface area contributed by atoms with Gasteiger partial charge in [0, 0.05) is 31.1 Å². The molecule has 1 aromatic carbocycles. The predicted octanol–water partition coefficient (Wildman–Crippen LogP) is 2.75. The van der Waals surface area contributed by atoms with Gasteiger partial charge in [-0.2, -0.15) is 5.26 Å². The van der Waals surface area contributed by atoms with Crippen LogP contribution in [0.4, 0.5) is 8.78 Å². The van der Waals surface area contributed by atoms with Crippen molar-refractivity contribution in [1.29, 1.82) is 5.26 Å². The second kappa shape index (κ2) is 4.80. The number of nitrogens with zero attached hydrogens (tertiary/aromatic N) is 1. The molecule has 4 heteroatoms. The summed E-state index contributed by atoms with van der Waals surface area (Å²) in [7, 11) is 0. The fraction of sp³-hybridized carbons (Fsp3) is 0.462. The fourth-order valence-electron chi connectivity index (χ4n) is 1.89. The molecular formula is C13H14F2N2. The van der Waals surface area contributed by atoms with E-state index in [2.05, 4.69) is 11.4 Å². The van der Waals surface area contributed by atoms with Gasteiger partial charge in [-0.05, 0) is 24.3 Å². The molecule has 1 aliphatic carbocycles. The van der Waals surface area contributed by atoms with E-state index >= 15 is 0 Å². The molecule has 2 nitrogen and oxygen atoms in total. The van der Waals surface area contributed by atoms with Crippen LogP contribution in [0.3, 0.4) is 0 Å². The van der Waals surface area contributed by atoms with E-state index in [1.165, 1.54) is 12.1 Å². The Kier molecular flexibility index (Phi) is 3.39. The summed E-state index contributed by atoms with van der Waals surface area (Å²) in [4.78, 5) is 0. The van der Waals surface area contributed by atoms with Crippen molar-refractivity contribution in [3.05, 3.63) is 35.4 Å². The van der Waals surface area contributed by atoms with Gasteiger partial charge in [0.15, 0.2) is 0 Å². The Morgan fingerprint density at radius 3 is 2.71 bits per heavy atom. The monoisotopic (exact) mass is 236 g/mol. The van der Waals surface area contributed by atoms with Crippen molar-refractivity contribution in [3.63, 3.8) is 0 Å². The Hall–Kier alpha value is -1.47. The average molecular weight is 236 g/mol. The molecule has 1 aromatic rings. The van der Waals surface area contributed by atoms with Gasteiger partial charge in [-0.1, -0.05) is 6.07 Å². The molecule has 0 amide bonds. The minimum absolute atomic E-state index is 0.102. The van der Waals surface area contributed by atoms with Gasteiger partial charge < -0.3 is 5.32 Å². The summed E-state index contributed by atoms with van der Waals surface area (Å²) in [6.45, 7) is 1.09. The quantitative estimate of drug-likeness (QED) is 0.853. The van der Waals surface area contributed by atoms with Crippen LogP contribution in [0, 0.1) is 28.4 Å². The first-order valence-corrected chi connectivity index (χ1v) is 5.67. The lowest BCUT2D eigenvalue weighted by Gasteiger charge is -2.12. The number of nitriles is 1. The van der Waals surface area contributed by atoms with Crippen LogP contribution in [0.25, 0.3) is 0 Å². The molecule has 17 heavy (non-hydrogen) atoms. The molecule has 1 N–H and O–H groups in total. The summed E-state index contributed by atoms with van der Waals surface area (Å²) >= 11 is 0. The maximum absolute atomic E-state index is 13.3. The highest BCUT2D eigenvalue weighted by Gasteiger charge is 2.41. The summed E-state index contributed by atoms with van der Waals surface area (Å²) in [5.74, 6) is -1.09. The molecule has 1 aliphatic rings. The van der Waals surface area contributed by atoms with E-state index in [0.29, 0.717) is 18.5 Å². The Morgan fingerprint density at radius 2 is 2.12 bits per heavy atom. The zero-order valence-corrected chi connectivity index (χ0v) is 9.47. The normalized spacial score (nSPS) is 16.5. The van der Waals surface area contributed by atoms with Crippen LogP contribution in [-0.2, 0) is 6.54 Å². The maximum atomic E-state index is 13.3. The van der Waals surface area contributed by atoms with Gasteiger partial charge in [0.05, 0.1) is 6.07 Å². The first-order valence-electron chi connectivity index (χ1n) is 5.67. The second-order valence-corrected chi connectivity index (χ2v) is 4.67. The highest BCUT2D eigenvalue weighted by Crippen LogP contribution is 2.47. The summed E-state index contributed by atoms with van der Waals surface area (Å²) in [6.07, 6.45) is 2.66. The van der Waals surface area contributed by atoms with E-state index in [9.17, 15) is 8.78 Å². The largest absolute Gasteiger partial charge is 0.312 e. The molecular weight excluding hydrogens is 222 g/mol. The third kappa shape index (κ3) is 3.01. The van der Waals surface area contributed by atoms with Crippen molar-refractivity contribution >= 4 is 0 Å². The van der Waals surface area contributed by atoms with E-state index in [4.69, 9.17) is 5.26 Å². The topological polar surface area (TPSA) is 35.8 Å². The molecule has 0 bridgehead atoms. The average Bonchev–Trinajstić information content (AvgIpc) is 3.02. The van der Waals surface area contributed by atoms with E-state index in [1.807, 2.05) is 0 Å². The third-order valence-electron chi connectivity index (χ3n) is 3.24. The Balaban J connectivity index is 1.84. The zero-order chi connectivity index (χ0) is 12.3. The van der Waals surface area contributed by atoms with E-state index in [0.717, 1.165) is 25.5 Å². The molecule has 0 atom stereocenters. The van der Waals surface area contributed by atoms with E-state index in [1.54, 1.807) is 0 Å². The van der Waals surface area contributed by atoms with Crippen LogP contribution < -0.4 is 5.32 Å². The molecule has 1 fully saturated rings. The summed E-state index contributed by atoms with van der Waals surface area (Å²) in [5, 5.41) is 11.8. The minimum atomic E-state index is -0.561. The van der Waals surface area contributed by atoms with Crippen molar-refractivity contribution in [2.24, 2.45) is 5.41 Å². The van der Waals surface area contributed by atoms with Crippen LogP contribution in [0.2, 0.25) is 0 Å². The molecule has 0 aromatic heterocycles. The van der Waals surface area contributed by atoms with E-state index < -0.39 is 11.6 Å². The number of hydrogen-bond acceptors (Lipinski definition) is 2. The van der Waals surface area contributed by atoms with E-state index in [-0.39, 0.29) is 5.41 Å². The Labute approximate surface area is 99.3 Å². The second-order valence-electron chi connectivity index (χ2n) is 4.67. The van der Waals surface area contributed by atoms with Crippen LogP contribution in [0.1, 0.15) is 24.8 Å². The number of benzene rings is 1. The Bertz CT molecular complexity index is 447. The molecule has 1 saturated carbocycles. The molecule has 90 valence electrons.